The Labute approximate surface area is 103 Å². The first-order valence-electron chi connectivity index (χ1n) is 6.42. The Hall–Kier alpha value is -0.770. The number of carbonyl (C=O) groups is 1. The van der Waals surface area contributed by atoms with E-state index in [0.717, 1.165) is 12.3 Å². The molecule has 0 saturated heterocycles. The third kappa shape index (κ3) is 2.92. The molecule has 2 N–H and O–H groups in total. The maximum atomic E-state index is 11.6. The topological polar surface area (TPSA) is 58.6 Å². The number of carbonyl (C=O) groups excluding carboxylic acids is 1. The van der Waals surface area contributed by atoms with Gasteiger partial charge in [0.05, 0.1) is 12.6 Å². The maximum absolute atomic E-state index is 11.6. The first-order valence-corrected chi connectivity index (χ1v) is 6.42. The molecule has 3 aliphatic carbocycles. The van der Waals surface area contributed by atoms with Crippen LogP contribution in [0.15, 0.2) is 0 Å². The highest BCUT2D eigenvalue weighted by Gasteiger charge is 2.56. The third-order valence-electron chi connectivity index (χ3n) is 3.79. The predicted molar refractivity (Wildman–Crippen MR) is 64.6 cm³/mol. The zero-order valence-corrected chi connectivity index (χ0v) is 11.0. The van der Waals surface area contributed by atoms with Crippen LogP contribution in [0.2, 0.25) is 0 Å². The van der Waals surface area contributed by atoms with Gasteiger partial charge in [-0.25, -0.2) is 4.79 Å². The Kier molecular flexibility index (Phi) is 3.10. The molecule has 3 saturated carbocycles. The smallest absolute Gasteiger partial charge is 0.407 e. The van der Waals surface area contributed by atoms with E-state index in [9.17, 15) is 9.90 Å². The van der Waals surface area contributed by atoms with Crippen LogP contribution in [-0.4, -0.2) is 29.4 Å². The van der Waals surface area contributed by atoms with E-state index >= 15 is 0 Å². The summed E-state index contributed by atoms with van der Waals surface area (Å²) in [5.41, 5.74) is -0.0620. The van der Waals surface area contributed by atoms with E-state index in [4.69, 9.17) is 4.74 Å². The molecule has 3 aliphatic rings. The molecule has 4 nitrogen and oxygen atoms in total. The van der Waals surface area contributed by atoms with Gasteiger partial charge in [-0.2, -0.15) is 0 Å². The zero-order chi connectivity index (χ0) is 12.7. The lowest BCUT2D eigenvalue weighted by atomic mass is 9.43. The number of amides is 1. The van der Waals surface area contributed by atoms with E-state index in [1.165, 1.54) is 19.3 Å². The van der Waals surface area contributed by atoms with Crippen molar-refractivity contribution in [1.82, 2.24) is 5.32 Å². The molecule has 3 fully saturated rings. The largest absolute Gasteiger partial charge is 0.444 e. The van der Waals surface area contributed by atoms with Crippen LogP contribution >= 0.6 is 0 Å². The van der Waals surface area contributed by atoms with E-state index in [2.05, 4.69) is 5.32 Å². The Bertz CT molecular complexity index is 291. The van der Waals surface area contributed by atoms with Gasteiger partial charge in [0.2, 0.25) is 0 Å². The van der Waals surface area contributed by atoms with Crippen LogP contribution < -0.4 is 5.32 Å². The molecule has 0 unspecified atom stereocenters. The van der Waals surface area contributed by atoms with Crippen molar-refractivity contribution in [3.05, 3.63) is 0 Å². The summed E-state index contributed by atoms with van der Waals surface area (Å²) in [6.07, 6.45) is 4.29. The molecule has 0 spiro atoms. The van der Waals surface area contributed by atoms with E-state index in [-0.39, 0.29) is 12.6 Å². The monoisotopic (exact) mass is 241 g/mol. The van der Waals surface area contributed by atoms with Gasteiger partial charge in [0.1, 0.15) is 5.60 Å². The van der Waals surface area contributed by atoms with Crippen LogP contribution in [-0.2, 0) is 4.74 Å². The number of hydrogen-bond acceptors (Lipinski definition) is 3. The summed E-state index contributed by atoms with van der Waals surface area (Å²) in [5, 5.41) is 12.1. The normalized spacial score (nSPS) is 32.1. The first-order chi connectivity index (χ1) is 7.82. The van der Waals surface area contributed by atoms with Crippen molar-refractivity contribution in [3.63, 3.8) is 0 Å². The summed E-state index contributed by atoms with van der Waals surface area (Å²) < 4.78 is 5.19. The molecule has 98 valence electrons. The molecule has 0 heterocycles. The number of alkyl carbamates (subject to hydrolysis) is 1. The molecular weight excluding hydrogens is 218 g/mol. The van der Waals surface area contributed by atoms with Crippen LogP contribution in [0.3, 0.4) is 0 Å². The Morgan fingerprint density at radius 1 is 1.47 bits per heavy atom. The van der Waals surface area contributed by atoms with Crippen LogP contribution in [0.25, 0.3) is 0 Å². The number of hydrogen-bond donors (Lipinski definition) is 2. The SMILES string of the molecule is CC(C)(C)OC(=O)N[C@H](CO)CC12CC(C1)C2. The summed E-state index contributed by atoms with van der Waals surface area (Å²) in [4.78, 5) is 11.6. The van der Waals surface area contributed by atoms with Gasteiger partial charge in [-0.15, -0.1) is 0 Å². The van der Waals surface area contributed by atoms with Crippen molar-refractivity contribution in [2.75, 3.05) is 6.61 Å². The molecule has 0 radical (unpaired) electrons. The van der Waals surface area contributed by atoms with Crippen LogP contribution in [0, 0.1) is 11.3 Å². The lowest BCUT2D eigenvalue weighted by Gasteiger charge is -2.63. The van der Waals surface area contributed by atoms with Gasteiger partial charge in [0.25, 0.3) is 0 Å². The molecule has 3 rings (SSSR count). The first kappa shape index (κ1) is 12.7. The molecule has 0 aromatic rings. The van der Waals surface area contributed by atoms with Crippen molar-refractivity contribution in [2.45, 2.75) is 58.1 Å². The minimum Gasteiger partial charge on any atom is -0.444 e. The van der Waals surface area contributed by atoms with Crippen molar-refractivity contribution < 1.29 is 14.6 Å². The maximum Gasteiger partial charge on any atom is 0.407 e. The van der Waals surface area contributed by atoms with Gasteiger partial charge in [0, 0.05) is 0 Å². The number of nitrogens with one attached hydrogen (secondary N) is 1. The average molecular weight is 241 g/mol. The van der Waals surface area contributed by atoms with Gasteiger partial charge in [-0.3, -0.25) is 0 Å². The third-order valence-corrected chi connectivity index (χ3v) is 3.79. The Morgan fingerprint density at radius 3 is 2.41 bits per heavy atom. The van der Waals surface area contributed by atoms with E-state index < -0.39 is 11.7 Å². The molecule has 1 amide bonds. The van der Waals surface area contributed by atoms with Gasteiger partial charge in [-0.1, -0.05) is 0 Å². The minimum absolute atomic E-state index is 0.00827. The van der Waals surface area contributed by atoms with Gasteiger partial charge >= 0.3 is 6.09 Å². The predicted octanol–water partition coefficient (Wildman–Crippen LogP) is 2.06. The van der Waals surface area contributed by atoms with Crippen LogP contribution in [0.4, 0.5) is 4.79 Å². The van der Waals surface area contributed by atoms with E-state index in [1.54, 1.807) is 0 Å². The number of rotatable bonds is 4. The summed E-state index contributed by atoms with van der Waals surface area (Å²) in [7, 11) is 0. The highest BCUT2D eigenvalue weighted by Crippen LogP contribution is 2.66. The molecular formula is C13H23NO3. The zero-order valence-electron chi connectivity index (χ0n) is 11.0. The van der Waals surface area contributed by atoms with Gasteiger partial charge < -0.3 is 15.2 Å². The van der Waals surface area contributed by atoms with Gasteiger partial charge in [0.15, 0.2) is 0 Å². The fourth-order valence-electron chi connectivity index (χ4n) is 3.07. The molecule has 1 atom stereocenters. The minimum atomic E-state index is -0.486. The average Bonchev–Trinajstić information content (AvgIpc) is 2.03. The molecule has 0 aromatic carbocycles. The van der Waals surface area contributed by atoms with E-state index in [0.29, 0.717) is 5.41 Å². The molecule has 0 aliphatic heterocycles. The van der Waals surface area contributed by atoms with Crippen LogP contribution in [0.1, 0.15) is 46.5 Å². The van der Waals surface area contributed by atoms with Crippen LogP contribution in [0.5, 0.6) is 0 Å². The number of aliphatic hydroxyl groups excluding tert-OH is 1. The molecule has 0 aromatic heterocycles. The Morgan fingerprint density at radius 2 is 2.06 bits per heavy atom. The highest BCUT2D eigenvalue weighted by molar-refractivity contribution is 5.68. The summed E-state index contributed by atoms with van der Waals surface area (Å²) >= 11 is 0. The Balaban J connectivity index is 1.76. The summed E-state index contributed by atoms with van der Waals surface area (Å²) in [5.74, 6) is 0.927. The van der Waals surface area contributed by atoms with Crippen molar-refractivity contribution in [1.29, 1.82) is 0 Å². The second kappa shape index (κ2) is 4.16. The fourth-order valence-corrected chi connectivity index (χ4v) is 3.07. The summed E-state index contributed by atoms with van der Waals surface area (Å²) in [6.45, 7) is 5.50. The van der Waals surface area contributed by atoms with Crippen molar-refractivity contribution in [3.8, 4) is 0 Å². The number of aliphatic hydroxyl groups is 1. The lowest BCUT2D eigenvalue weighted by Crippen LogP contribution is -2.55. The molecule has 17 heavy (non-hydrogen) atoms. The lowest BCUT2D eigenvalue weighted by molar-refractivity contribution is -0.120. The second-order valence-electron chi connectivity index (χ2n) is 6.71. The van der Waals surface area contributed by atoms with Crippen molar-refractivity contribution >= 4 is 6.09 Å². The highest BCUT2D eigenvalue weighted by atomic mass is 16.6. The summed E-state index contributed by atoms with van der Waals surface area (Å²) in [6, 6.07) is -0.161. The van der Waals surface area contributed by atoms with E-state index in [1.807, 2.05) is 20.8 Å². The quantitative estimate of drug-likeness (QED) is 0.792. The number of ether oxygens (including phenoxy) is 1. The molecule has 2 bridgehead atoms. The second-order valence-corrected chi connectivity index (χ2v) is 6.71. The standard InChI is InChI=1S/C13H23NO3/c1-12(2,3)17-11(16)14-10(8-15)7-13-4-9(5-13)6-13/h9-10,15H,4-8H2,1-3H3,(H,14,16)/t9?,10-,13?/m0/s1. The van der Waals surface area contributed by atoms with Gasteiger partial charge in [-0.05, 0) is 57.8 Å². The van der Waals surface area contributed by atoms with Crippen molar-refractivity contribution in [2.24, 2.45) is 11.3 Å². The fraction of sp³-hybridized carbons (Fsp3) is 0.923. The molecule has 4 heteroatoms.